The van der Waals surface area contributed by atoms with Crippen LogP contribution in [0.5, 0.6) is 0 Å². The Bertz CT molecular complexity index is 6350. The zero-order chi connectivity index (χ0) is 77.1. The predicted octanol–water partition coefficient (Wildman–Crippen LogP) is 15.7. The van der Waals surface area contributed by atoms with Gasteiger partial charge in [-0.2, -0.15) is 0 Å². The van der Waals surface area contributed by atoms with E-state index in [2.05, 4.69) is 0 Å². The van der Waals surface area contributed by atoms with Crippen molar-refractivity contribution in [2.24, 2.45) is 0 Å². The lowest BCUT2D eigenvalue weighted by Crippen LogP contribution is -2.74. The topological polar surface area (TPSA) is 14.8 Å². The van der Waals surface area contributed by atoms with Gasteiger partial charge < -0.3 is 13.7 Å². The summed E-state index contributed by atoms with van der Waals surface area (Å²) < 4.78 is 292. The van der Waals surface area contributed by atoms with E-state index in [4.69, 9.17) is 21.9 Å². The molecule has 12 aromatic carbocycles. The van der Waals surface area contributed by atoms with Crippen molar-refractivity contribution in [3.63, 3.8) is 0 Å². The highest BCUT2D eigenvalue weighted by atomic mass is 28.3. The van der Waals surface area contributed by atoms with E-state index in [0.717, 1.165) is 24.1 Å². The molecule has 3 heterocycles. The molecule has 0 bridgehead atoms. The molecule has 15 aromatic rings. The Morgan fingerprint density at radius 3 is 1.16 bits per heavy atom. The number of aromatic nitrogens is 3. The van der Waals surface area contributed by atoms with Crippen molar-refractivity contribution in [1.82, 2.24) is 13.7 Å². The minimum Gasteiger partial charge on any atom is -0.309 e. The van der Waals surface area contributed by atoms with Gasteiger partial charge in [0.15, 0.2) is 8.07 Å². The number of para-hydroxylation sites is 5. The van der Waals surface area contributed by atoms with Crippen molar-refractivity contribution in [2.45, 2.75) is 0 Å². The first-order chi connectivity index (χ1) is 50.6. The molecule has 0 radical (unpaired) electrons. The van der Waals surface area contributed by atoms with Crippen LogP contribution in [0.15, 0.2) is 297 Å². The normalized spacial score (nSPS) is 17.7. The maximum absolute atomic E-state index is 10.7. The molecule has 0 unspecified atom stereocenters. The van der Waals surface area contributed by atoms with Gasteiger partial charge in [-0.05, 0) is 109 Å². The Hall–Kier alpha value is -9.74. The predicted molar refractivity (Wildman–Crippen MR) is 324 cm³/mol. The maximum atomic E-state index is 10.7. The van der Waals surface area contributed by atoms with Gasteiger partial charge in [-0.25, -0.2) is 0 Å². The Balaban J connectivity index is 1.12. The van der Waals surface area contributed by atoms with Crippen LogP contribution in [0, 0.1) is 0 Å². The van der Waals surface area contributed by atoms with Crippen molar-refractivity contribution in [2.75, 3.05) is 0 Å². The van der Waals surface area contributed by atoms with Crippen LogP contribution < -0.4 is 20.7 Å². The largest absolute Gasteiger partial charge is 0.309 e. The third kappa shape index (κ3) is 6.81. The zero-order valence-electron chi connectivity index (χ0n) is 70.2. The molecule has 0 amide bonds. The summed E-state index contributed by atoms with van der Waals surface area (Å²) in [6.07, 6.45) is 0. The summed E-state index contributed by atoms with van der Waals surface area (Å²) in [6.45, 7) is 0. The smallest absolute Gasteiger partial charge is 0.179 e. The second-order valence-corrected chi connectivity index (χ2v) is 21.5. The SMILES string of the molecule is [2H]c1c([2H])c([2H])c(-c2cccc([Si](c3ccccc3)(c3ccccc3)c3ccc(-c4c([2H])c(-n5c6c([2H])c([2H])c([2H])c([2H])c6c6c([2H])c([2H])c([2H])c([2H])c65)c([2H])c(-n5c6c([2H])c([2H])c([2H])c([2H])c6c6c([2H])c(-n7c8c([2H])c([2H])c([2H])c([2H])c8c8c([2H])c([2H])c([2H])c([2H])c87)c([2H])c([2H])c65)c4[2H])cc3)c2)c([2H])c1[2H]. The fourth-order valence-electron chi connectivity index (χ4n) is 10.5. The summed E-state index contributed by atoms with van der Waals surface area (Å²) in [7, 11) is -3.82. The lowest BCUT2D eigenvalue weighted by molar-refractivity contribution is 1.13. The standard InChI is InChI=1S/C72H49N3Si/c1-4-21-50(22-5-1)52-23-20-28-60(47-52)76(57-24-6-2-7-25-57,58-26-8-3-9-27-58)59-42-39-51(40-43-59)53-45-55(74-69-36-17-12-31-63(69)64-32-13-18-37-70(64)74)48-56(46-53)75-71-38-19-14-33-65(71)66-49-54(41-44-72(66)75)73-67-34-15-10-29-61(67)62-30-11-16-35-68(62)73/h1-49H/i1D,4D,5D,10D,11D,12D,13D,14D,15D,16D,17D,18D,19D,21D,22D,29D,30D,31D,32D,33D,34D,35D,36D,37D,38D,41D,44D,45D,46D,48D,49D. The second kappa shape index (κ2) is 17.7. The Morgan fingerprint density at radius 2 is 0.658 bits per heavy atom. The molecule has 0 atom stereocenters. The molecular formula is C72H49N3Si. The number of hydrogen-bond donors (Lipinski definition) is 0. The quantitative estimate of drug-likeness (QED) is 0.101. The van der Waals surface area contributed by atoms with E-state index in [1.807, 2.05) is 66.7 Å². The molecule has 0 aliphatic rings. The van der Waals surface area contributed by atoms with Crippen LogP contribution >= 0.6 is 0 Å². The summed E-state index contributed by atoms with van der Waals surface area (Å²) in [5, 5.41) is -0.481. The van der Waals surface area contributed by atoms with Gasteiger partial charge in [0.25, 0.3) is 0 Å². The molecule has 4 heteroatoms. The zero-order valence-corrected chi connectivity index (χ0v) is 40.2. The van der Waals surface area contributed by atoms with Crippen LogP contribution in [0.4, 0.5) is 0 Å². The molecule has 0 aliphatic carbocycles. The summed E-state index contributed by atoms with van der Waals surface area (Å²) in [5.41, 5.74) is -6.52. The van der Waals surface area contributed by atoms with Gasteiger partial charge in [0.05, 0.1) is 75.6 Å². The van der Waals surface area contributed by atoms with E-state index < -0.39 is 283 Å². The van der Waals surface area contributed by atoms with Gasteiger partial charge in [-0.1, -0.05) is 230 Å². The molecule has 0 N–H and O–H groups in total. The molecular weight excluding hydrogens is 935 g/mol. The first kappa shape index (κ1) is 22.8. The monoisotopic (exact) mass is 1010 g/mol. The van der Waals surface area contributed by atoms with Crippen molar-refractivity contribution >= 4 is 94.2 Å². The van der Waals surface area contributed by atoms with Crippen molar-refractivity contribution in [3.8, 4) is 39.3 Å². The molecule has 0 saturated heterocycles. The number of benzene rings is 12. The Kier molecular flexibility index (Phi) is 5.32. The molecule has 3 aromatic heterocycles. The fraction of sp³-hybridized carbons (Fsp3) is 0. The highest BCUT2D eigenvalue weighted by Crippen LogP contribution is 2.40. The van der Waals surface area contributed by atoms with Crippen LogP contribution in [0.2, 0.25) is 0 Å². The van der Waals surface area contributed by atoms with Crippen molar-refractivity contribution in [3.05, 3.63) is 297 Å². The summed E-state index contributed by atoms with van der Waals surface area (Å²) in [5.74, 6) is 0. The van der Waals surface area contributed by atoms with E-state index in [0.29, 0.717) is 10.4 Å². The third-order valence-corrected chi connectivity index (χ3v) is 18.5. The van der Waals surface area contributed by atoms with E-state index in [-0.39, 0.29) is 16.7 Å². The average molecular weight is 1020 g/mol. The Labute approximate surface area is 485 Å². The lowest BCUT2D eigenvalue weighted by Gasteiger charge is -2.35. The molecule has 3 nitrogen and oxygen atoms in total. The van der Waals surface area contributed by atoms with Gasteiger partial charge in [-0.3, -0.25) is 0 Å². The van der Waals surface area contributed by atoms with Crippen molar-refractivity contribution in [1.29, 1.82) is 0 Å². The van der Waals surface area contributed by atoms with Crippen molar-refractivity contribution < 1.29 is 42.5 Å². The van der Waals surface area contributed by atoms with Gasteiger partial charge in [-0.15, -0.1) is 0 Å². The van der Waals surface area contributed by atoms with Gasteiger partial charge in [0.2, 0.25) is 0 Å². The van der Waals surface area contributed by atoms with E-state index in [1.54, 1.807) is 30.3 Å². The van der Waals surface area contributed by atoms with Crippen LogP contribution in [0.3, 0.4) is 0 Å². The first-order valence-corrected chi connectivity index (χ1v) is 25.7. The number of fused-ring (bicyclic) bond motifs is 9. The minimum absolute atomic E-state index is 0.0494. The van der Waals surface area contributed by atoms with E-state index in [1.165, 1.54) is 12.1 Å². The van der Waals surface area contributed by atoms with Gasteiger partial charge >= 0.3 is 0 Å². The maximum Gasteiger partial charge on any atom is 0.179 e. The fourth-order valence-corrected chi connectivity index (χ4v) is 15.3. The Morgan fingerprint density at radius 1 is 0.250 bits per heavy atom. The van der Waals surface area contributed by atoms with Gasteiger partial charge in [0.1, 0.15) is 0 Å². The van der Waals surface area contributed by atoms with Crippen LogP contribution in [-0.2, 0) is 0 Å². The second-order valence-electron chi connectivity index (χ2n) is 17.7. The summed E-state index contributed by atoms with van der Waals surface area (Å²) in [6, 6.07) is 6.24. The lowest BCUT2D eigenvalue weighted by atomic mass is 10.0. The number of rotatable bonds is 9. The molecule has 0 fully saturated rings. The number of hydrogen-bond acceptors (Lipinski definition) is 0. The first-order valence-electron chi connectivity index (χ1n) is 39.2. The highest BCUT2D eigenvalue weighted by molar-refractivity contribution is 7.20. The highest BCUT2D eigenvalue weighted by Gasteiger charge is 2.41. The number of nitrogens with zero attached hydrogens (tertiary/aromatic N) is 3. The molecule has 0 saturated carbocycles. The summed E-state index contributed by atoms with van der Waals surface area (Å²) in [4.78, 5) is 0. The van der Waals surface area contributed by atoms with E-state index >= 15 is 0 Å². The molecule has 0 aliphatic heterocycles. The minimum atomic E-state index is -3.82. The average Bonchev–Trinajstić information content (AvgIpc) is 1.53. The van der Waals surface area contributed by atoms with Crippen LogP contribution in [0.1, 0.15) is 42.5 Å². The molecule has 76 heavy (non-hydrogen) atoms. The van der Waals surface area contributed by atoms with E-state index in [9.17, 15) is 20.6 Å². The summed E-state index contributed by atoms with van der Waals surface area (Å²) >= 11 is 0. The molecule has 356 valence electrons. The molecule has 0 spiro atoms. The van der Waals surface area contributed by atoms with Gasteiger partial charge in [0, 0.05) is 49.4 Å². The van der Waals surface area contributed by atoms with Crippen LogP contribution in [-0.4, -0.2) is 21.8 Å². The third-order valence-electron chi connectivity index (χ3n) is 13.7. The molecule has 15 rings (SSSR count). The van der Waals surface area contributed by atoms with Crippen LogP contribution in [0.25, 0.3) is 105 Å².